The number of nitrogens with zero attached hydrogens (tertiary/aromatic N) is 1. The van der Waals surface area contributed by atoms with E-state index < -0.39 is 0 Å². The van der Waals surface area contributed by atoms with Crippen molar-refractivity contribution in [1.82, 2.24) is 10.2 Å². The van der Waals surface area contributed by atoms with Crippen molar-refractivity contribution in [2.45, 2.75) is 18.5 Å². The Kier molecular flexibility index (Phi) is 7.81. The first-order chi connectivity index (χ1) is 18.5. The fourth-order valence-electron chi connectivity index (χ4n) is 4.15. The van der Waals surface area contributed by atoms with Crippen molar-refractivity contribution in [2.75, 3.05) is 11.1 Å². The summed E-state index contributed by atoms with van der Waals surface area (Å²) in [5.41, 5.74) is 3.13. The van der Waals surface area contributed by atoms with Crippen molar-refractivity contribution >= 4 is 46.8 Å². The number of carbonyl (C=O) groups excluding carboxylic acids is 3. The number of hydrogen-bond donors (Lipinski definition) is 2. The van der Waals surface area contributed by atoms with Gasteiger partial charge in [-0.15, -0.1) is 11.8 Å². The number of thioether (sulfide) groups is 1. The van der Waals surface area contributed by atoms with Crippen molar-refractivity contribution in [3.05, 3.63) is 124 Å². The van der Waals surface area contributed by atoms with Gasteiger partial charge in [0.25, 0.3) is 11.8 Å². The van der Waals surface area contributed by atoms with Crippen molar-refractivity contribution < 1.29 is 18.8 Å². The van der Waals surface area contributed by atoms with E-state index in [2.05, 4.69) is 10.6 Å². The first-order valence-corrected chi connectivity index (χ1v) is 13.4. The van der Waals surface area contributed by atoms with E-state index >= 15 is 0 Å². The van der Waals surface area contributed by atoms with Crippen LogP contribution in [0.3, 0.4) is 0 Å². The van der Waals surface area contributed by atoms with Crippen LogP contribution < -0.4 is 10.6 Å². The smallest absolute Gasteiger partial charge is 0.255 e. The Hall–Kier alpha value is -4.01. The van der Waals surface area contributed by atoms with Crippen LogP contribution in [0, 0.1) is 0 Å². The zero-order valence-electron chi connectivity index (χ0n) is 20.2. The van der Waals surface area contributed by atoms with E-state index in [4.69, 9.17) is 16.0 Å². The molecule has 0 unspecified atom stereocenters. The number of halogens is 1. The zero-order valence-corrected chi connectivity index (χ0v) is 21.8. The van der Waals surface area contributed by atoms with Crippen LogP contribution in [0.4, 0.5) is 5.69 Å². The lowest BCUT2D eigenvalue weighted by atomic mass is 10.1. The van der Waals surface area contributed by atoms with Gasteiger partial charge in [-0.2, -0.15) is 0 Å². The summed E-state index contributed by atoms with van der Waals surface area (Å²) >= 11 is 7.55. The second-order valence-corrected chi connectivity index (χ2v) is 10.2. The van der Waals surface area contributed by atoms with Gasteiger partial charge in [-0.05, 0) is 59.7 Å². The Labute approximate surface area is 229 Å². The predicted molar refractivity (Wildman–Crippen MR) is 148 cm³/mol. The molecule has 5 rings (SSSR count). The van der Waals surface area contributed by atoms with Gasteiger partial charge in [-0.3, -0.25) is 14.4 Å². The predicted octanol–water partition coefficient (Wildman–Crippen LogP) is 5.89. The Balaban J connectivity index is 1.25. The van der Waals surface area contributed by atoms with Crippen LogP contribution in [0.1, 0.15) is 43.0 Å². The number of anilines is 1. The molecule has 2 heterocycles. The number of carbonyl (C=O) groups is 3. The zero-order chi connectivity index (χ0) is 26.5. The van der Waals surface area contributed by atoms with Gasteiger partial charge in [0.2, 0.25) is 5.91 Å². The number of rotatable bonds is 8. The second kappa shape index (κ2) is 11.6. The molecule has 1 saturated heterocycles. The standard InChI is InChI=1S/C29H24ClN3O4S/c30-22-13-7-19(8-14-22)17-33-26(34)18-38-29(33)21-11-9-20(10-12-21)27(35)32-25-6-2-1-5-24(25)28(36)31-16-23-4-3-15-37-23/h1-15,29H,16-18H2,(H,31,36)(H,32,35)/t29-/m0/s1. The minimum atomic E-state index is -0.337. The number of benzene rings is 3. The normalized spacial score (nSPS) is 14.9. The molecule has 192 valence electrons. The Bertz CT molecular complexity index is 1440. The summed E-state index contributed by atoms with van der Waals surface area (Å²) in [5.74, 6) is 0.444. The Morgan fingerprint density at radius 1 is 0.947 bits per heavy atom. The average Bonchev–Trinajstić information content (AvgIpc) is 3.59. The van der Waals surface area contributed by atoms with E-state index in [0.717, 1.165) is 11.1 Å². The average molecular weight is 546 g/mol. The van der Waals surface area contributed by atoms with Crippen LogP contribution >= 0.6 is 23.4 Å². The molecule has 3 aromatic carbocycles. The monoisotopic (exact) mass is 545 g/mol. The lowest BCUT2D eigenvalue weighted by molar-refractivity contribution is -0.128. The fraction of sp³-hybridized carbons (Fsp3) is 0.138. The molecule has 1 aliphatic heterocycles. The third-order valence-corrected chi connectivity index (χ3v) is 7.62. The third kappa shape index (κ3) is 5.93. The molecule has 0 spiro atoms. The van der Waals surface area contributed by atoms with Crippen molar-refractivity contribution in [1.29, 1.82) is 0 Å². The largest absolute Gasteiger partial charge is 0.467 e. The van der Waals surface area contributed by atoms with Gasteiger partial charge >= 0.3 is 0 Å². The molecule has 1 atom stereocenters. The molecule has 38 heavy (non-hydrogen) atoms. The van der Waals surface area contributed by atoms with E-state index in [0.29, 0.717) is 39.9 Å². The summed E-state index contributed by atoms with van der Waals surface area (Å²) in [6, 6.07) is 25.0. The highest BCUT2D eigenvalue weighted by molar-refractivity contribution is 8.00. The maximum absolute atomic E-state index is 13.0. The van der Waals surface area contributed by atoms with Gasteiger partial charge in [-0.25, -0.2) is 0 Å². The molecule has 4 aromatic rings. The lowest BCUT2D eigenvalue weighted by Gasteiger charge is -2.24. The Morgan fingerprint density at radius 3 is 2.45 bits per heavy atom. The van der Waals surface area contributed by atoms with E-state index in [1.54, 1.807) is 66.6 Å². The molecule has 0 radical (unpaired) electrons. The number of nitrogens with one attached hydrogen (secondary N) is 2. The summed E-state index contributed by atoms with van der Waals surface area (Å²) in [6.07, 6.45) is 1.54. The molecule has 1 aromatic heterocycles. The highest BCUT2D eigenvalue weighted by Gasteiger charge is 2.32. The molecule has 9 heteroatoms. The number of hydrogen-bond acceptors (Lipinski definition) is 5. The van der Waals surface area contributed by atoms with Crippen molar-refractivity contribution in [3.63, 3.8) is 0 Å². The molecule has 0 aliphatic carbocycles. The van der Waals surface area contributed by atoms with Gasteiger partial charge in [0.1, 0.15) is 11.1 Å². The second-order valence-electron chi connectivity index (χ2n) is 8.70. The summed E-state index contributed by atoms with van der Waals surface area (Å²) in [6.45, 7) is 0.723. The summed E-state index contributed by atoms with van der Waals surface area (Å²) < 4.78 is 5.25. The summed E-state index contributed by atoms with van der Waals surface area (Å²) in [5, 5.41) is 6.14. The van der Waals surface area contributed by atoms with Crippen LogP contribution in [-0.2, 0) is 17.9 Å². The van der Waals surface area contributed by atoms with E-state index in [1.165, 1.54) is 0 Å². The molecule has 3 amide bonds. The van der Waals surface area contributed by atoms with Crippen LogP contribution in [-0.4, -0.2) is 28.4 Å². The first kappa shape index (κ1) is 25.6. The van der Waals surface area contributed by atoms with E-state index in [-0.39, 0.29) is 29.6 Å². The molecule has 1 aliphatic rings. The number of amides is 3. The van der Waals surface area contributed by atoms with Crippen LogP contribution in [0.2, 0.25) is 5.02 Å². The SMILES string of the molecule is O=C(Nc1ccccc1C(=O)NCc1ccco1)c1ccc([C@@H]2SCC(=O)N2Cc2ccc(Cl)cc2)cc1. The van der Waals surface area contributed by atoms with E-state index in [1.807, 2.05) is 41.3 Å². The molecular formula is C29H24ClN3O4S. The van der Waals surface area contributed by atoms with Gasteiger partial charge < -0.3 is 20.0 Å². The highest BCUT2D eigenvalue weighted by Crippen LogP contribution is 2.39. The summed E-state index contributed by atoms with van der Waals surface area (Å²) in [7, 11) is 0. The van der Waals surface area contributed by atoms with Crippen molar-refractivity contribution in [2.24, 2.45) is 0 Å². The van der Waals surface area contributed by atoms with Crippen LogP contribution in [0.15, 0.2) is 95.6 Å². The molecule has 0 bridgehead atoms. The maximum atomic E-state index is 13.0. The van der Waals surface area contributed by atoms with Crippen LogP contribution in [0.5, 0.6) is 0 Å². The van der Waals surface area contributed by atoms with Gasteiger partial charge in [-0.1, -0.05) is 48.0 Å². The first-order valence-electron chi connectivity index (χ1n) is 11.9. The quantitative estimate of drug-likeness (QED) is 0.288. The lowest BCUT2D eigenvalue weighted by Crippen LogP contribution is -2.27. The Morgan fingerprint density at radius 2 is 1.71 bits per heavy atom. The minimum absolute atomic E-state index is 0.0682. The van der Waals surface area contributed by atoms with Gasteiger partial charge in [0.15, 0.2) is 0 Å². The van der Waals surface area contributed by atoms with Gasteiger partial charge in [0, 0.05) is 17.1 Å². The highest BCUT2D eigenvalue weighted by atomic mass is 35.5. The summed E-state index contributed by atoms with van der Waals surface area (Å²) in [4.78, 5) is 40.2. The maximum Gasteiger partial charge on any atom is 0.255 e. The molecule has 1 fully saturated rings. The third-order valence-electron chi connectivity index (χ3n) is 6.12. The molecule has 7 nitrogen and oxygen atoms in total. The van der Waals surface area contributed by atoms with Crippen LogP contribution in [0.25, 0.3) is 0 Å². The minimum Gasteiger partial charge on any atom is -0.467 e. The topological polar surface area (TPSA) is 91.6 Å². The van der Waals surface area contributed by atoms with E-state index in [9.17, 15) is 14.4 Å². The number of para-hydroxylation sites is 1. The molecular weight excluding hydrogens is 522 g/mol. The van der Waals surface area contributed by atoms with Gasteiger partial charge in [0.05, 0.1) is 29.8 Å². The molecule has 0 saturated carbocycles. The van der Waals surface area contributed by atoms with Crippen molar-refractivity contribution in [3.8, 4) is 0 Å². The fourth-order valence-corrected chi connectivity index (χ4v) is 5.46. The molecule has 2 N–H and O–H groups in total. The number of furan rings is 1.